The largest absolute Gasteiger partial charge is 0.468 e. The van der Waals surface area contributed by atoms with E-state index in [1.165, 1.54) is 17.5 Å². The third-order valence-corrected chi connectivity index (χ3v) is 3.36. The molecule has 5 nitrogen and oxygen atoms in total. The van der Waals surface area contributed by atoms with Crippen molar-refractivity contribution in [2.75, 3.05) is 19.0 Å². The lowest BCUT2D eigenvalue weighted by Gasteiger charge is -1.91. The molecule has 0 aliphatic carbocycles. The quantitative estimate of drug-likeness (QED) is 0.875. The fourth-order valence-corrected chi connectivity index (χ4v) is 2.31. The molecule has 0 aliphatic heterocycles. The fraction of sp³-hybridized carbons (Fsp3) is 0.250. The highest BCUT2D eigenvalue weighted by atomic mass is 32.1. The van der Waals surface area contributed by atoms with Crippen molar-refractivity contribution < 1.29 is 13.9 Å². The first-order valence-electron chi connectivity index (χ1n) is 5.38. The third-order valence-electron chi connectivity index (χ3n) is 2.13. The number of ether oxygens (including phenoxy) is 1. The molecule has 0 amide bonds. The van der Waals surface area contributed by atoms with E-state index in [9.17, 15) is 9.18 Å². The molecule has 2 aromatic heterocycles. The van der Waals surface area contributed by atoms with Crippen molar-refractivity contribution in [1.29, 1.82) is 5.26 Å². The molecule has 0 aromatic carbocycles. The first kappa shape index (κ1) is 14.9. The number of fused-ring (bicyclic) bond motifs is 1. The van der Waals surface area contributed by atoms with Crippen molar-refractivity contribution in [3.63, 3.8) is 0 Å². The van der Waals surface area contributed by atoms with E-state index in [-0.39, 0.29) is 5.82 Å². The molecule has 0 aliphatic rings. The molecule has 2 aromatic rings. The Bertz CT molecular complexity index is 607. The minimum atomic E-state index is -0.384. The summed E-state index contributed by atoms with van der Waals surface area (Å²) in [6, 6.07) is 2.04. The standard InChI is InChI=1S/C9H6FN3S.C3H6O2/c1-12-9-5(2-11)6-3-13-4-7(10)8(6)14-9;1-2-5-3-4/h3-4,12H,1H3;3H,2H2,1H3. The Kier molecular flexibility index (Phi) is 5.70. The summed E-state index contributed by atoms with van der Waals surface area (Å²) in [6.45, 7) is 2.66. The number of hydrogen-bond acceptors (Lipinski definition) is 6. The molecule has 2 heterocycles. The Morgan fingerprint density at radius 1 is 1.63 bits per heavy atom. The highest BCUT2D eigenvalue weighted by Crippen LogP contribution is 2.35. The Morgan fingerprint density at radius 2 is 2.37 bits per heavy atom. The summed E-state index contributed by atoms with van der Waals surface area (Å²) >= 11 is 1.23. The van der Waals surface area contributed by atoms with E-state index in [4.69, 9.17) is 5.26 Å². The minimum absolute atomic E-state index is 0.384. The first-order valence-corrected chi connectivity index (χ1v) is 6.20. The number of pyridine rings is 1. The van der Waals surface area contributed by atoms with Gasteiger partial charge in [0.15, 0.2) is 5.82 Å². The molecule has 0 fully saturated rings. The maximum Gasteiger partial charge on any atom is 0.293 e. The van der Waals surface area contributed by atoms with Gasteiger partial charge in [-0.2, -0.15) is 5.26 Å². The number of nitrogens with zero attached hydrogens (tertiary/aromatic N) is 2. The van der Waals surface area contributed by atoms with Gasteiger partial charge in [-0.05, 0) is 6.92 Å². The van der Waals surface area contributed by atoms with Crippen molar-refractivity contribution in [1.82, 2.24) is 4.98 Å². The zero-order valence-corrected chi connectivity index (χ0v) is 11.3. The smallest absolute Gasteiger partial charge is 0.293 e. The second-order valence-corrected chi connectivity index (χ2v) is 4.24. The number of nitriles is 1. The van der Waals surface area contributed by atoms with Crippen molar-refractivity contribution in [3.8, 4) is 6.07 Å². The molecule has 0 atom stereocenters. The van der Waals surface area contributed by atoms with E-state index in [0.29, 0.717) is 33.7 Å². The number of nitrogens with one attached hydrogen (secondary N) is 1. The van der Waals surface area contributed by atoms with Gasteiger partial charge < -0.3 is 10.1 Å². The zero-order valence-electron chi connectivity index (χ0n) is 10.4. The second-order valence-electron chi connectivity index (χ2n) is 3.22. The Balaban J connectivity index is 0.000000312. The summed E-state index contributed by atoms with van der Waals surface area (Å²) in [5.74, 6) is -0.384. The predicted molar refractivity (Wildman–Crippen MR) is 71.5 cm³/mol. The minimum Gasteiger partial charge on any atom is -0.468 e. The molecule has 0 spiro atoms. The zero-order chi connectivity index (χ0) is 14.3. The van der Waals surface area contributed by atoms with Crippen molar-refractivity contribution in [2.45, 2.75) is 6.92 Å². The monoisotopic (exact) mass is 281 g/mol. The van der Waals surface area contributed by atoms with Gasteiger partial charge in [-0.3, -0.25) is 9.78 Å². The second kappa shape index (κ2) is 7.28. The van der Waals surface area contributed by atoms with Gasteiger partial charge in [0.05, 0.1) is 23.1 Å². The predicted octanol–water partition coefficient (Wildman–Crippen LogP) is 2.53. The van der Waals surface area contributed by atoms with Crippen LogP contribution in [-0.2, 0) is 9.53 Å². The first-order chi connectivity index (χ1) is 9.19. The Hall–Kier alpha value is -2.20. The summed E-state index contributed by atoms with van der Waals surface area (Å²) in [4.78, 5) is 12.9. The van der Waals surface area contributed by atoms with Crippen molar-refractivity contribution in [2.24, 2.45) is 0 Å². The van der Waals surface area contributed by atoms with Crippen LogP contribution in [0.1, 0.15) is 12.5 Å². The fourth-order valence-electron chi connectivity index (χ4n) is 1.34. The maximum absolute atomic E-state index is 13.3. The van der Waals surface area contributed by atoms with Crippen LogP contribution in [0.3, 0.4) is 0 Å². The van der Waals surface area contributed by atoms with Crippen LogP contribution in [0.5, 0.6) is 0 Å². The molecule has 0 bridgehead atoms. The molecule has 1 N–H and O–H groups in total. The number of rotatable bonds is 3. The van der Waals surface area contributed by atoms with Gasteiger partial charge in [0.2, 0.25) is 0 Å². The van der Waals surface area contributed by atoms with Crippen LogP contribution >= 0.6 is 11.3 Å². The Labute approximate surface area is 113 Å². The van der Waals surface area contributed by atoms with E-state index in [1.54, 1.807) is 14.0 Å². The highest BCUT2D eigenvalue weighted by molar-refractivity contribution is 7.23. The lowest BCUT2D eigenvalue weighted by atomic mass is 10.2. The molecule has 0 unspecified atom stereocenters. The lowest BCUT2D eigenvalue weighted by Crippen LogP contribution is -1.86. The van der Waals surface area contributed by atoms with Crippen molar-refractivity contribution >= 4 is 32.9 Å². The number of thiophene rings is 1. The normalized spacial score (nSPS) is 9.16. The van der Waals surface area contributed by atoms with E-state index >= 15 is 0 Å². The topological polar surface area (TPSA) is 75.0 Å². The average Bonchev–Trinajstić information content (AvgIpc) is 2.79. The molecular formula is C12H12FN3O2S. The number of halogens is 1. The molecule has 2 rings (SSSR count). The van der Waals surface area contributed by atoms with Crippen LogP contribution in [0.2, 0.25) is 0 Å². The van der Waals surface area contributed by atoms with Crippen LogP contribution in [0, 0.1) is 17.1 Å². The lowest BCUT2D eigenvalue weighted by molar-refractivity contribution is -0.128. The van der Waals surface area contributed by atoms with Crippen molar-refractivity contribution in [3.05, 3.63) is 23.8 Å². The van der Waals surface area contributed by atoms with E-state index in [2.05, 4.69) is 15.0 Å². The number of aromatic nitrogens is 1. The van der Waals surface area contributed by atoms with Gasteiger partial charge in [0.25, 0.3) is 6.47 Å². The maximum atomic E-state index is 13.3. The van der Waals surface area contributed by atoms with Gasteiger partial charge in [0.1, 0.15) is 11.1 Å². The molecule has 0 saturated heterocycles. The van der Waals surface area contributed by atoms with Crippen LogP contribution in [0.15, 0.2) is 12.4 Å². The van der Waals surface area contributed by atoms with Gasteiger partial charge in [-0.1, -0.05) is 0 Å². The highest BCUT2D eigenvalue weighted by Gasteiger charge is 2.13. The molecule has 7 heteroatoms. The molecule has 0 radical (unpaired) electrons. The number of anilines is 1. The van der Waals surface area contributed by atoms with E-state index in [1.807, 2.05) is 6.07 Å². The van der Waals surface area contributed by atoms with Crippen LogP contribution < -0.4 is 5.32 Å². The molecular weight excluding hydrogens is 269 g/mol. The van der Waals surface area contributed by atoms with Crippen LogP contribution in [-0.4, -0.2) is 25.1 Å². The SMILES string of the molecule is CCOC=O.CNc1sc2c(F)cncc2c1C#N. The van der Waals surface area contributed by atoms with Gasteiger partial charge in [-0.15, -0.1) is 11.3 Å². The number of hydrogen-bond donors (Lipinski definition) is 1. The summed E-state index contributed by atoms with van der Waals surface area (Å²) in [7, 11) is 1.71. The van der Waals surface area contributed by atoms with Crippen LogP contribution in [0.25, 0.3) is 10.1 Å². The van der Waals surface area contributed by atoms with Crippen LogP contribution in [0.4, 0.5) is 9.39 Å². The number of carbonyl (C=O) groups excluding carboxylic acids is 1. The summed E-state index contributed by atoms with van der Waals surface area (Å²) in [6.07, 6.45) is 2.66. The Morgan fingerprint density at radius 3 is 2.84 bits per heavy atom. The average molecular weight is 281 g/mol. The summed E-state index contributed by atoms with van der Waals surface area (Å²) in [5.41, 5.74) is 0.458. The molecule has 0 saturated carbocycles. The van der Waals surface area contributed by atoms with E-state index in [0.717, 1.165) is 6.20 Å². The third kappa shape index (κ3) is 3.39. The van der Waals surface area contributed by atoms with Gasteiger partial charge >= 0.3 is 0 Å². The number of carbonyl (C=O) groups is 1. The summed E-state index contributed by atoms with van der Waals surface area (Å²) in [5, 5.41) is 13.0. The molecule has 100 valence electrons. The van der Waals surface area contributed by atoms with Gasteiger partial charge in [0, 0.05) is 18.6 Å². The van der Waals surface area contributed by atoms with Gasteiger partial charge in [-0.25, -0.2) is 4.39 Å². The summed E-state index contributed by atoms with van der Waals surface area (Å²) < 4.78 is 17.9. The van der Waals surface area contributed by atoms with E-state index < -0.39 is 0 Å². The molecule has 19 heavy (non-hydrogen) atoms.